The SMILES string of the molecule is COc1ccc([C@@H]2CC(=O)N(CCOc3ccc(C(C)C)cc3)C2)cc1OC1CCCO1. The van der Waals surface area contributed by atoms with E-state index in [9.17, 15) is 4.79 Å². The average molecular weight is 440 g/mol. The molecule has 2 saturated heterocycles. The van der Waals surface area contributed by atoms with Crippen LogP contribution in [0.5, 0.6) is 17.2 Å². The molecule has 0 radical (unpaired) electrons. The minimum atomic E-state index is -0.229. The molecule has 4 rings (SSSR count). The first-order valence-corrected chi connectivity index (χ1v) is 11.5. The van der Waals surface area contributed by atoms with Crippen molar-refractivity contribution in [3.8, 4) is 17.2 Å². The molecule has 2 heterocycles. The van der Waals surface area contributed by atoms with Crippen LogP contribution in [0.1, 0.15) is 56.1 Å². The minimum Gasteiger partial charge on any atom is -0.493 e. The first-order chi connectivity index (χ1) is 15.5. The lowest BCUT2D eigenvalue weighted by molar-refractivity contribution is -0.128. The quantitative estimate of drug-likeness (QED) is 0.565. The van der Waals surface area contributed by atoms with Gasteiger partial charge in [0.1, 0.15) is 12.4 Å². The van der Waals surface area contributed by atoms with E-state index in [1.165, 1.54) is 5.56 Å². The Morgan fingerprint density at radius 1 is 1.12 bits per heavy atom. The van der Waals surface area contributed by atoms with Gasteiger partial charge in [-0.25, -0.2) is 0 Å². The van der Waals surface area contributed by atoms with E-state index in [4.69, 9.17) is 18.9 Å². The number of benzene rings is 2. The normalized spacial score (nSPS) is 20.8. The molecule has 2 fully saturated rings. The molecule has 1 amide bonds. The molecule has 2 aliphatic heterocycles. The Bertz CT molecular complexity index is 905. The Balaban J connectivity index is 1.33. The maximum absolute atomic E-state index is 12.6. The number of ether oxygens (including phenoxy) is 4. The third-order valence-corrected chi connectivity index (χ3v) is 6.20. The number of rotatable bonds is 9. The van der Waals surface area contributed by atoms with Crippen molar-refractivity contribution in [3.63, 3.8) is 0 Å². The van der Waals surface area contributed by atoms with Crippen LogP contribution in [0.15, 0.2) is 42.5 Å². The molecular formula is C26H33NO5. The summed E-state index contributed by atoms with van der Waals surface area (Å²) in [6.45, 7) is 6.81. The molecule has 6 heteroatoms. The van der Waals surface area contributed by atoms with Crippen LogP contribution in [0.25, 0.3) is 0 Å². The van der Waals surface area contributed by atoms with Crippen molar-refractivity contribution in [2.75, 3.05) is 33.4 Å². The van der Waals surface area contributed by atoms with Crippen LogP contribution in [0, 0.1) is 0 Å². The fourth-order valence-electron chi connectivity index (χ4n) is 4.26. The number of hydrogen-bond donors (Lipinski definition) is 0. The molecular weight excluding hydrogens is 406 g/mol. The summed E-state index contributed by atoms with van der Waals surface area (Å²) in [6.07, 6.45) is 2.15. The zero-order valence-corrected chi connectivity index (χ0v) is 19.2. The lowest BCUT2D eigenvalue weighted by Gasteiger charge is -2.19. The molecule has 0 spiro atoms. The summed E-state index contributed by atoms with van der Waals surface area (Å²) in [5.41, 5.74) is 2.37. The van der Waals surface area contributed by atoms with E-state index in [1.54, 1.807) is 7.11 Å². The summed E-state index contributed by atoms with van der Waals surface area (Å²) in [4.78, 5) is 14.5. The van der Waals surface area contributed by atoms with Gasteiger partial charge in [-0.2, -0.15) is 0 Å². The van der Waals surface area contributed by atoms with E-state index in [2.05, 4.69) is 26.0 Å². The highest BCUT2D eigenvalue weighted by atomic mass is 16.7. The molecule has 0 N–H and O–H groups in total. The predicted octanol–water partition coefficient (Wildman–Crippen LogP) is 4.73. The van der Waals surface area contributed by atoms with Crippen molar-refractivity contribution in [2.45, 2.75) is 51.2 Å². The van der Waals surface area contributed by atoms with Gasteiger partial charge >= 0.3 is 0 Å². The van der Waals surface area contributed by atoms with E-state index < -0.39 is 0 Å². The molecule has 0 aromatic heterocycles. The van der Waals surface area contributed by atoms with Gasteiger partial charge in [0.15, 0.2) is 17.8 Å². The van der Waals surface area contributed by atoms with Crippen molar-refractivity contribution in [1.82, 2.24) is 4.90 Å². The van der Waals surface area contributed by atoms with Crippen molar-refractivity contribution < 1.29 is 23.7 Å². The lowest BCUT2D eigenvalue weighted by Crippen LogP contribution is -2.29. The van der Waals surface area contributed by atoms with Crippen LogP contribution >= 0.6 is 0 Å². The van der Waals surface area contributed by atoms with Gasteiger partial charge in [-0.1, -0.05) is 32.0 Å². The van der Waals surface area contributed by atoms with Crippen molar-refractivity contribution in [2.24, 2.45) is 0 Å². The fourth-order valence-corrected chi connectivity index (χ4v) is 4.26. The maximum atomic E-state index is 12.6. The molecule has 172 valence electrons. The molecule has 2 aliphatic rings. The van der Waals surface area contributed by atoms with E-state index in [0.717, 1.165) is 30.8 Å². The first kappa shape index (κ1) is 22.5. The van der Waals surface area contributed by atoms with Crippen molar-refractivity contribution >= 4 is 5.91 Å². The maximum Gasteiger partial charge on any atom is 0.223 e. The predicted molar refractivity (Wildman–Crippen MR) is 123 cm³/mol. The molecule has 2 atom stereocenters. The highest BCUT2D eigenvalue weighted by Gasteiger charge is 2.31. The van der Waals surface area contributed by atoms with Gasteiger partial charge in [0.25, 0.3) is 0 Å². The number of nitrogens with zero attached hydrogens (tertiary/aromatic N) is 1. The summed E-state index contributed by atoms with van der Waals surface area (Å²) in [5.74, 6) is 2.98. The van der Waals surface area contributed by atoms with E-state index in [-0.39, 0.29) is 18.1 Å². The highest BCUT2D eigenvalue weighted by molar-refractivity contribution is 5.79. The molecule has 0 bridgehead atoms. The third-order valence-electron chi connectivity index (χ3n) is 6.20. The van der Waals surface area contributed by atoms with Crippen LogP contribution in [0.2, 0.25) is 0 Å². The lowest BCUT2D eigenvalue weighted by atomic mass is 9.98. The average Bonchev–Trinajstić information content (AvgIpc) is 3.44. The second-order valence-corrected chi connectivity index (χ2v) is 8.78. The Hall–Kier alpha value is -2.73. The van der Waals surface area contributed by atoms with E-state index in [1.807, 2.05) is 35.2 Å². The molecule has 0 saturated carbocycles. The number of methoxy groups -OCH3 is 1. The molecule has 2 aromatic carbocycles. The molecule has 32 heavy (non-hydrogen) atoms. The summed E-state index contributed by atoms with van der Waals surface area (Å²) >= 11 is 0. The highest BCUT2D eigenvalue weighted by Crippen LogP contribution is 2.36. The van der Waals surface area contributed by atoms with Gasteiger partial charge in [-0.3, -0.25) is 4.79 Å². The molecule has 1 unspecified atom stereocenters. The monoisotopic (exact) mass is 439 g/mol. The molecule has 0 aliphatic carbocycles. The van der Waals surface area contributed by atoms with Crippen LogP contribution < -0.4 is 14.2 Å². The van der Waals surface area contributed by atoms with Gasteiger partial charge < -0.3 is 23.8 Å². The van der Waals surface area contributed by atoms with E-state index in [0.29, 0.717) is 43.5 Å². The Morgan fingerprint density at radius 3 is 2.62 bits per heavy atom. The number of carbonyl (C=O) groups is 1. The summed E-state index contributed by atoms with van der Waals surface area (Å²) < 4.78 is 23.0. The van der Waals surface area contributed by atoms with Crippen molar-refractivity contribution in [1.29, 1.82) is 0 Å². The van der Waals surface area contributed by atoms with Crippen LogP contribution in [-0.2, 0) is 9.53 Å². The largest absolute Gasteiger partial charge is 0.493 e. The van der Waals surface area contributed by atoms with Crippen LogP contribution in [0.4, 0.5) is 0 Å². The zero-order chi connectivity index (χ0) is 22.5. The molecule has 2 aromatic rings. The van der Waals surface area contributed by atoms with Crippen molar-refractivity contribution in [3.05, 3.63) is 53.6 Å². The summed E-state index contributed by atoms with van der Waals surface area (Å²) in [6, 6.07) is 14.1. The number of hydrogen-bond acceptors (Lipinski definition) is 5. The van der Waals surface area contributed by atoms with Gasteiger partial charge in [0.05, 0.1) is 20.3 Å². The zero-order valence-electron chi connectivity index (χ0n) is 19.2. The fraction of sp³-hybridized carbons (Fsp3) is 0.500. The number of carbonyl (C=O) groups excluding carboxylic acids is 1. The summed E-state index contributed by atoms with van der Waals surface area (Å²) in [7, 11) is 1.63. The van der Waals surface area contributed by atoms with Gasteiger partial charge in [0.2, 0.25) is 5.91 Å². The third kappa shape index (κ3) is 5.36. The Kier molecular flexibility index (Phi) is 7.20. The van der Waals surface area contributed by atoms with E-state index >= 15 is 0 Å². The first-order valence-electron chi connectivity index (χ1n) is 11.5. The molecule has 6 nitrogen and oxygen atoms in total. The van der Waals surface area contributed by atoms with Crippen LogP contribution in [0.3, 0.4) is 0 Å². The summed E-state index contributed by atoms with van der Waals surface area (Å²) in [5, 5.41) is 0. The van der Waals surface area contributed by atoms with Gasteiger partial charge in [-0.05, 0) is 47.7 Å². The second-order valence-electron chi connectivity index (χ2n) is 8.78. The number of likely N-dealkylation sites (tertiary alicyclic amines) is 1. The topological polar surface area (TPSA) is 57.2 Å². The van der Waals surface area contributed by atoms with Crippen LogP contribution in [-0.4, -0.2) is 50.5 Å². The minimum absolute atomic E-state index is 0.130. The Labute approximate surface area is 190 Å². The van der Waals surface area contributed by atoms with Gasteiger partial charge in [0, 0.05) is 25.3 Å². The standard InChI is InChI=1S/C26H33NO5/c1-18(2)19-6-9-22(10-7-19)30-14-12-27-17-21(16-25(27)28)20-8-11-23(29-3)24(15-20)32-26-5-4-13-31-26/h6-11,15,18,21,26H,4-5,12-14,16-17H2,1-3H3/t21-,26?/m1/s1. The smallest absolute Gasteiger partial charge is 0.223 e. The number of amides is 1. The Morgan fingerprint density at radius 2 is 1.94 bits per heavy atom. The van der Waals surface area contributed by atoms with Gasteiger partial charge in [-0.15, -0.1) is 0 Å². The second kappa shape index (κ2) is 10.3.